The predicted octanol–water partition coefficient (Wildman–Crippen LogP) is 4.06. The third kappa shape index (κ3) is 3.65. The van der Waals surface area contributed by atoms with Gasteiger partial charge in [-0.2, -0.15) is 5.10 Å². The van der Waals surface area contributed by atoms with Gasteiger partial charge in [0, 0.05) is 37.1 Å². The van der Waals surface area contributed by atoms with Gasteiger partial charge in [-0.3, -0.25) is 15.0 Å². The van der Waals surface area contributed by atoms with Crippen LogP contribution in [0.4, 0.5) is 11.5 Å². The lowest BCUT2D eigenvalue weighted by Gasteiger charge is -2.26. The highest BCUT2D eigenvalue weighted by atomic mass is 16.5. The zero-order valence-corrected chi connectivity index (χ0v) is 16.7. The van der Waals surface area contributed by atoms with Gasteiger partial charge in [0.05, 0.1) is 11.0 Å². The molecule has 0 aliphatic carbocycles. The number of ether oxygens (including phenoxy) is 1. The van der Waals surface area contributed by atoms with Crippen LogP contribution in [-0.4, -0.2) is 50.9 Å². The van der Waals surface area contributed by atoms with E-state index in [1.165, 1.54) is 32.4 Å². The molecule has 0 unspecified atom stereocenters. The zero-order valence-electron chi connectivity index (χ0n) is 16.7. The smallest absolute Gasteiger partial charge is 0.178 e. The van der Waals surface area contributed by atoms with Crippen molar-refractivity contribution in [1.82, 2.24) is 24.6 Å². The number of aryl methyl sites for hydroxylation is 1. The van der Waals surface area contributed by atoms with Crippen molar-refractivity contribution in [2.45, 2.75) is 19.3 Å². The van der Waals surface area contributed by atoms with E-state index in [2.05, 4.69) is 61.4 Å². The quantitative estimate of drug-likeness (QED) is 0.520. The van der Waals surface area contributed by atoms with Gasteiger partial charge in [-0.05, 0) is 56.3 Å². The number of benzene rings is 1. The van der Waals surface area contributed by atoms with E-state index in [0.29, 0.717) is 0 Å². The van der Waals surface area contributed by atoms with Gasteiger partial charge in [0.1, 0.15) is 17.9 Å². The van der Waals surface area contributed by atoms with Gasteiger partial charge >= 0.3 is 0 Å². The van der Waals surface area contributed by atoms with E-state index in [4.69, 9.17) is 4.74 Å². The second-order valence-electron chi connectivity index (χ2n) is 7.68. The van der Waals surface area contributed by atoms with Gasteiger partial charge < -0.3 is 14.6 Å². The van der Waals surface area contributed by atoms with Crippen LogP contribution in [0.15, 0.2) is 42.7 Å². The molecule has 7 nitrogen and oxygen atoms in total. The Hall–Kier alpha value is -3.06. The molecular formula is C22H26N6O. The Morgan fingerprint density at radius 3 is 2.97 bits per heavy atom. The fraction of sp³-hybridized carbons (Fsp3) is 0.364. The second-order valence-corrected chi connectivity index (χ2v) is 7.68. The summed E-state index contributed by atoms with van der Waals surface area (Å²) in [6, 6.07) is 10.2. The molecule has 0 radical (unpaired) electrons. The lowest BCUT2D eigenvalue weighted by atomic mass is 10.1. The average Bonchev–Trinajstić information content (AvgIpc) is 3.30. The molecule has 0 saturated carbocycles. The van der Waals surface area contributed by atoms with Gasteiger partial charge in [-0.15, -0.1) is 0 Å². The van der Waals surface area contributed by atoms with Crippen LogP contribution in [0.2, 0.25) is 0 Å². The molecule has 1 saturated heterocycles. The number of likely N-dealkylation sites (tertiary alicyclic amines) is 1. The Bertz CT molecular complexity index is 1120. The van der Waals surface area contributed by atoms with Gasteiger partial charge in [-0.25, -0.2) is 0 Å². The minimum absolute atomic E-state index is 0.726. The molecule has 0 spiro atoms. The molecule has 4 heterocycles. The number of rotatable bonds is 6. The van der Waals surface area contributed by atoms with Gasteiger partial charge in [-0.1, -0.05) is 6.42 Å². The lowest BCUT2D eigenvalue weighted by molar-refractivity contribution is 0.184. The third-order valence-corrected chi connectivity index (χ3v) is 5.65. The standard InChI is InChI=1S/C22H26N6O/c1-27-15-20(29-13-12-28-10-3-2-4-11-28)17-8-7-16(14-19(17)27)24-22-21-18(25-26-22)6-5-9-23-21/h5-9,14-15H,2-4,10-13H2,1H3,(H2,24,25,26). The van der Waals surface area contributed by atoms with Crippen molar-refractivity contribution >= 4 is 33.4 Å². The number of nitrogens with one attached hydrogen (secondary N) is 2. The maximum Gasteiger partial charge on any atom is 0.178 e. The number of aromatic nitrogens is 4. The zero-order chi connectivity index (χ0) is 19.6. The molecule has 0 bridgehead atoms. The Balaban J connectivity index is 1.32. The molecule has 150 valence electrons. The largest absolute Gasteiger partial charge is 0.490 e. The van der Waals surface area contributed by atoms with Crippen molar-refractivity contribution in [3.05, 3.63) is 42.7 Å². The molecule has 1 aliphatic rings. The number of aromatic amines is 1. The number of hydrogen-bond acceptors (Lipinski definition) is 5. The molecule has 5 rings (SSSR count). The van der Waals surface area contributed by atoms with Crippen molar-refractivity contribution in [1.29, 1.82) is 0 Å². The van der Waals surface area contributed by atoms with Crippen molar-refractivity contribution < 1.29 is 4.74 Å². The summed E-state index contributed by atoms with van der Waals surface area (Å²) in [6.45, 7) is 4.12. The fourth-order valence-electron chi connectivity index (χ4n) is 4.08. The first kappa shape index (κ1) is 18.0. The highest BCUT2D eigenvalue weighted by molar-refractivity contribution is 5.92. The predicted molar refractivity (Wildman–Crippen MR) is 116 cm³/mol. The molecule has 0 atom stereocenters. The minimum atomic E-state index is 0.726. The molecule has 4 aromatic rings. The number of pyridine rings is 1. The van der Waals surface area contributed by atoms with Crippen molar-refractivity contribution in [2.75, 3.05) is 31.6 Å². The highest BCUT2D eigenvalue weighted by Gasteiger charge is 2.13. The van der Waals surface area contributed by atoms with Crippen molar-refractivity contribution in [3.8, 4) is 5.75 Å². The molecule has 0 amide bonds. The maximum atomic E-state index is 6.14. The van der Waals surface area contributed by atoms with Crippen LogP contribution < -0.4 is 10.1 Å². The number of fused-ring (bicyclic) bond motifs is 2. The van der Waals surface area contributed by atoms with Gasteiger partial charge in [0.2, 0.25) is 0 Å². The number of piperidine rings is 1. The average molecular weight is 390 g/mol. The van der Waals surface area contributed by atoms with Crippen molar-refractivity contribution in [2.24, 2.45) is 7.05 Å². The monoisotopic (exact) mass is 390 g/mol. The van der Waals surface area contributed by atoms with Crippen LogP contribution in [0.1, 0.15) is 19.3 Å². The molecule has 1 aliphatic heterocycles. The molecule has 3 aromatic heterocycles. The van der Waals surface area contributed by atoms with Gasteiger partial charge in [0.25, 0.3) is 0 Å². The summed E-state index contributed by atoms with van der Waals surface area (Å²) in [5.74, 6) is 1.67. The first-order chi connectivity index (χ1) is 14.3. The molecule has 29 heavy (non-hydrogen) atoms. The van der Waals surface area contributed by atoms with Crippen LogP contribution in [0, 0.1) is 0 Å². The first-order valence-electron chi connectivity index (χ1n) is 10.3. The van der Waals surface area contributed by atoms with Crippen LogP contribution in [0.5, 0.6) is 5.75 Å². The van der Waals surface area contributed by atoms with E-state index < -0.39 is 0 Å². The van der Waals surface area contributed by atoms with E-state index in [9.17, 15) is 0 Å². The van der Waals surface area contributed by atoms with E-state index in [-0.39, 0.29) is 0 Å². The Morgan fingerprint density at radius 2 is 2.07 bits per heavy atom. The van der Waals surface area contributed by atoms with E-state index in [0.717, 1.165) is 52.3 Å². The number of anilines is 2. The Kier molecular flexibility index (Phi) is 4.81. The van der Waals surface area contributed by atoms with Gasteiger partial charge in [0.15, 0.2) is 5.82 Å². The fourth-order valence-corrected chi connectivity index (χ4v) is 4.08. The summed E-state index contributed by atoms with van der Waals surface area (Å²) >= 11 is 0. The van der Waals surface area contributed by atoms with Crippen LogP contribution in [-0.2, 0) is 7.05 Å². The van der Waals surface area contributed by atoms with E-state index in [1.807, 2.05) is 12.1 Å². The number of nitrogens with zero attached hydrogens (tertiary/aromatic N) is 4. The topological polar surface area (TPSA) is 71.0 Å². The minimum Gasteiger partial charge on any atom is -0.490 e. The van der Waals surface area contributed by atoms with E-state index in [1.54, 1.807) is 6.20 Å². The summed E-state index contributed by atoms with van der Waals surface area (Å²) in [5, 5.41) is 11.9. The van der Waals surface area contributed by atoms with Crippen molar-refractivity contribution in [3.63, 3.8) is 0 Å². The SMILES string of the molecule is Cn1cc(OCCN2CCCCC2)c2ccc(Nc3n[nH]c4cccnc34)cc21. The van der Waals surface area contributed by atoms with Crippen LogP contribution in [0.3, 0.4) is 0 Å². The number of hydrogen-bond donors (Lipinski definition) is 2. The lowest BCUT2D eigenvalue weighted by Crippen LogP contribution is -2.33. The summed E-state index contributed by atoms with van der Waals surface area (Å²) in [7, 11) is 2.05. The van der Waals surface area contributed by atoms with Crippen LogP contribution in [0.25, 0.3) is 21.9 Å². The highest BCUT2D eigenvalue weighted by Crippen LogP contribution is 2.31. The summed E-state index contributed by atoms with van der Waals surface area (Å²) < 4.78 is 8.24. The maximum absolute atomic E-state index is 6.14. The Morgan fingerprint density at radius 1 is 1.17 bits per heavy atom. The van der Waals surface area contributed by atoms with E-state index >= 15 is 0 Å². The number of H-pyrrole nitrogens is 1. The molecular weight excluding hydrogens is 364 g/mol. The summed E-state index contributed by atoms with van der Waals surface area (Å²) in [6.07, 6.45) is 7.82. The molecule has 2 N–H and O–H groups in total. The normalized spacial score (nSPS) is 15.2. The summed E-state index contributed by atoms with van der Waals surface area (Å²) in [4.78, 5) is 6.91. The summed E-state index contributed by atoms with van der Waals surface area (Å²) in [5.41, 5.74) is 3.84. The molecule has 7 heteroatoms. The molecule has 1 aromatic carbocycles. The van der Waals surface area contributed by atoms with Crippen LogP contribution >= 0.6 is 0 Å². The first-order valence-corrected chi connectivity index (χ1v) is 10.3. The third-order valence-electron chi connectivity index (χ3n) is 5.65. The molecule has 1 fully saturated rings. The second kappa shape index (κ2) is 7.75. The Labute approximate surface area is 169 Å².